The minimum atomic E-state index is 0.270. The largest absolute Gasteiger partial charge is 0.330 e. The molecule has 0 saturated heterocycles. The molecule has 2 rings (SSSR count). The number of benzene rings is 1. The Morgan fingerprint density at radius 2 is 2.18 bits per heavy atom. The van der Waals surface area contributed by atoms with Crippen LogP contribution >= 0.6 is 34.5 Å². The first kappa shape index (κ1) is 12.8. The van der Waals surface area contributed by atoms with Crippen molar-refractivity contribution in [3.8, 4) is 11.3 Å². The van der Waals surface area contributed by atoms with Crippen LogP contribution in [0.1, 0.15) is 17.8 Å². The SMILES string of the molecule is CC(CN)c1nc(-c2cccc(Cl)c2Cl)cs1. The molecule has 2 aromatic rings. The molecule has 1 aromatic carbocycles. The number of hydrogen-bond acceptors (Lipinski definition) is 3. The summed E-state index contributed by atoms with van der Waals surface area (Å²) in [5, 5.41) is 4.11. The van der Waals surface area contributed by atoms with Gasteiger partial charge in [-0.05, 0) is 6.07 Å². The van der Waals surface area contributed by atoms with Crippen LogP contribution in [0.3, 0.4) is 0 Å². The fourth-order valence-electron chi connectivity index (χ4n) is 1.44. The summed E-state index contributed by atoms with van der Waals surface area (Å²) in [6.45, 7) is 2.65. The molecule has 2 N–H and O–H groups in total. The van der Waals surface area contributed by atoms with Gasteiger partial charge in [0.05, 0.1) is 20.7 Å². The average molecular weight is 287 g/mol. The summed E-state index contributed by atoms with van der Waals surface area (Å²) in [6, 6.07) is 5.55. The molecule has 0 aliphatic heterocycles. The Hall–Kier alpha value is -0.610. The zero-order valence-corrected chi connectivity index (χ0v) is 11.6. The van der Waals surface area contributed by atoms with Crippen LogP contribution in [0.4, 0.5) is 0 Å². The van der Waals surface area contributed by atoms with Crippen LogP contribution in [-0.2, 0) is 0 Å². The van der Waals surface area contributed by atoms with E-state index in [0.717, 1.165) is 16.3 Å². The molecule has 0 spiro atoms. The summed E-state index contributed by atoms with van der Waals surface area (Å²) in [7, 11) is 0. The van der Waals surface area contributed by atoms with Gasteiger partial charge in [0.1, 0.15) is 0 Å². The number of rotatable bonds is 3. The molecule has 1 unspecified atom stereocenters. The van der Waals surface area contributed by atoms with Gasteiger partial charge in [0.2, 0.25) is 0 Å². The Morgan fingerprint density at radius 1 is 1.41 bits per heavy atom. The molecule has 1 heterocycles. The molecule has 90 valence electrons. The fraction of sp³-hybridized carbons (Fsp3) is 0.250. The van der Waals surface area contributed by atoms with E-state index < -0.39 is 0 Å². The maximum Gasteiger partial charge on any atom is 0.0973 e. The number of nitrogens with two attached hydrogens (primary N) is 1. The third-order valence-corrected chi connectivity index (χ3v) is 4.42. The van der Waals surface area contributed by atoms with Crippen molar-refractivity contribution in [1.82, 2.24) is 4.98 Å². The standard InChI is InChI=1S/C12H12Cl2N2S/c1-7(5-15)12-16-10(6-17-12)8-3-2-4-9(13)11(8)14/h2-4,6-7H,5,15H2,1H3. The highest BCUT2D eigenvalue weighted by Crippen LogP contribution is 2.34. The van der Waals surface area contributed by atoms with E-state index in [1.807, 2.05) is 17.5 Å². The Morgan fingerprint density at radius 3 is 2.88 bits per heavy atom. The molecule has 0 aliphatic carbocycles. The maximum atomic E-state index is 6.16. The van der Waals surface area contributed by atoms with Gasteiger partial charge < -0.3 is 5.73 Å². The van der Waals surface area contributed by atoms with Crippen LogP contribution in [0.5, 0.6) is 0 Å². The van der Waals surface area contributed by atoms with Crippen molar-refractivity contribution in [2.75, 3.05) is 6.54 Å². The van der Waals surface area contributed by atoms with Gasteiger partial charge in [0, 0.05) is 23.4 Å². The molecule has 0 radical (unpaired) electrons. The topological polar surface area (TPSA) is 38.9 Å². The molecule has 1 atom stereocenters. The number of nitrogens with zero attached hydrogens (tertiary/aromatic N) is 1. The van der Waals surface area contributed by atoms with Crippen LogP contribution in [0.15, 0.2) is 23.6 Å². The Labute approximate surface area is 114 Å². The van der Waals surface area contributed by atoms with Gasteiger partial charge in [0.15, 0.2) is 0 Å². The second-order valence-electron chi connectivity index (χ2n) is 3.81. The van der Waals surface area contributed by atoms with E-state index in [1.54, 1.807) is 17.4 Å². The lowest BCUT2D eigenvalue weighted by Gasteiger charge is -2.04. The lowest BCUT2D eigenvalue weighted by molar-refractivity contribution is 0.766. The van der Waals surface area contributed by atoms with Gasteiger partial charge in [-0.3, -0.25) is 0 Å². The van der Waals surface area contributed by atoms with E-state index in [0.29, 0.717) is 16.6 Å². The predicted octanol–water partition coefficient (Wildman–Crippen LogP) is 4.18. The summed E-state index contributed by atoms with van der Waals surface area (Å²) < 4.78 is 0. The summed E-state index contributed by atoms with van der Waals surface area (Å²) in [6.07, 6.45) is 0. The van der Waals surface area contributed by atoms with Gasteiger partial charge in [-0.15, -0.1) is 11.3 Å². The van der Waals surface area contributed by atoms with Crippen LogP contribution in [0.25, 0.3) is 11.3 Å². The molecule has 5 heteroatoms. The molecule has 0 aliphatic rings. The first-order chi connectivity index (χ1) is 8.13. The molecule has 17 heavy (non-hydrogen) atoms. The lowest BCUT2D eigenvalue weighted by Crippen LogP contribution is -2.08. The van der Waals surface area contributed by atoms with Crippen LogP contribution in [0.2, 0.25) is 10.0 Å². The second-order valence-corrected chi connectivity index (χ2v) is 5.48. The summed E-state index contributed by atoms with van der Waals surface area (Å²) in [5.74, 6) is 0.270. The van der Waals surface area contributed by atoms with Crippen molar-refractivity contribution in [3.63, 3.8) is 0 Å². The highest BCUT2D eigenvalue weighted by atomic mass is 35.5. The van der Waals surface area contributed by atoms with Crippen molar-refractivity contribution in [1.29, 1.82) is 0 Å². The van der Waals surface area contributed by atoms with Gasteiger partial charge in [0.25, 0.3) is 0 Å². The van der Waals surface area contributed by atoms with Crippen LogP contribution in [0, 0.1) is 0 Å². The zero-order chi connectivity index (χ0) is 12.4. The number of thiazole rings is 1. The van der Waals surface area contributed by atoms with Crippen molar-refractivity contribution in [3.05, 3.63) is 38.6 Å². The van der Waals surface area contributed by atoms with E-state index in [9.17, 15) is 0 Å². The summed E-state index contributed by atoms with van der Waals surface area (Å²) >= 11 is 13.7. The second kappa shape index (κ2) is 5.36. The molecule has 2 nitrogen and oxygen atoms in total. The Kier molecular flexibility index (Phi) is 4.05. The molecule has 0 fully saturated rings. The monoisotopic (exact) mass is 286 g/mol. The van der Waals surface area contributed by atoms with E-state index >= 15 is 0 Å². The predicted molar refractivity (Wildman–Crippen MR) is 75.0 cm³/mol. The quantitative estimate of drug-likeness (QED) is 0.919. The zero-order valence-electron chi connectivity index (χ0n) is 9.28. The minimum absolute atomic E-state index is 0.270. The molecule has 0 amide bonds. The fourth-order valence-corrected chi connectivity index (χ4v) is 2.73. The number of aromatic nitrogens is 1. The van der Waals surface area contributed by atoms with E-state index in [-0.39, 0.29) is 5.92 Å². The van der Waals surface area contributed by atoms with Crippen molar-refractivity contribution >= 4 is 34.5 Å². The van der Waals surface area contributed by atoms with Gasteiger partial charge >= 0.3 is 0 Å². The third kappa shape index (κ3) is 2.63. The van der Waals surface area contributed by atoms with Crippen molar-refractivity contribution in [2.45, 2.75) is 12.8 Å². The average Bonchev–Trinajstić information content (AvgIpc) is 2.81. The van der Waals surface area contributed by atoms with E-state index in [1.165, 1.54) is 0 Å². The molecule has 1 aromatic heterocycles. The number of hydrogen-bond donors (Lipinski definition) is 1. The lowest BCUT2D eigenvalue weighted by atomic mass is 10.1. The normalized spacial score (nSPS) is 12.7. The number of halogens is 2. The van der Waals surface area contributed by atoms with Gasteiger partial charge in [-0.1, -0.05) is 42.3 Å². The summed E-state index contributed by atoms with van der Waals surface area (Å²) in [4.78, 5) is 4.55. The Bertz CT molecular complexity index is 525. The van der Waals surface area contributed by atoms with Gasteiger partial charge in [-0.25, -0.2) is 4.98 Å². The van der Waals surface area contributed by atoms with E-state index in [4.69, 9.17) is 28.9 Å². The van der Waals surface area contributed by atoms with Gasteiger partial charge in [-0.2, -0.15) is 0 Å². The van der Waals surface area contributed by atoms with Crippen molar-refractivity contribution < 1.29 is 0 Å². The third-order valence-electron chi connectivity index (χ3n) is 2.52. The first-order valence-corrected chi connectivity index (χ1v) is 6.87. The smallest absolute Gasteiger partial charge is 0.0973 e. The molecular weight excluding hydrogens is 275 g/mol. The molecular formula is C12H12Cl2N2S. The first-order valence-electron chi connectivity index (χ1n) is 5.23. The highest BCUT2D eigenvalue weighted by Gasteiger charge is 2.13. The minimum Gasteiger partial charge on any atom is -0.330 e. The molecule has 0 bridgehead atoms. The molecule has 0 saturated carbocycles. The van der Waals surface area contributed by atoms with Crippen LogP contribution < -0.4 is 5.73 Å². The van der Waals surface area contributed by atoms with E-state index in [2.05, 4.69) is 11.9 Å². The van der Waals surface area contributed by atoms with Crippen LogP contribution in [-0.4, -0.2) is 11.5 Å². The van der Waals surface area contributed by atoms with Crippen molar-refractivity contribution in [2.24, 2.45) is 5.73 Å². The Balaban J connectivity index is 2.40. The highest BCUT2D eigenvalue weighted by molar-refractivity contribution is 7.10. The maximum absolute atomic E-state index is 6.16. The summed E-state index contributed by atoms with van der Waals surface area (Å²) in [5.41, 5.74) is 7.35.